The Bertz CT molecular complexity index is 261. The first kappa shape index (κ1) is 16.3. The predicted molar refractivity (Wildman–Crippen MR) is 87.2 cm³/mol. The molecule has 0 aliphatic carbocycles. The van der Waals surface area contributed by atoms with Gasteiger partial charge in [-0.3, -0.25) is 9.80 Å². The fraction of sp³-hybridized carbons (Fsp3) is 1.00. The number of nitrogens with zero attached hydrogens (tertiary/aromatic N) is 2. The van der Waals surface area contributed by atoms with Crippen molar-refractivity contribution in [2.75, 3.05) is 39.3 Å². The quantitative estimate of drug-likeness (QED) is 0.724. The molecule has 0 aromatic carbocycles. The second kappa shape index (κ2) is 8.35. The predicted octanol–water partition coefficient (Wildman–Crippen LogP) is 2.57. The van der Waals surface area contributed by atoms with Crippen LogP contribution in [0.15, 0.2) is 0 Å². The molecule has 1 N–H and O–H groups in total. The lowest BCUT2D eigenvalue weighted by Gasteiger charge is -2.35. The molecule has 2 aliphatic rings. The molecular weight excluding hydrogens is 246 g/mol. The summed E-state index contributed by atoms with van der Waals surface area (Å²) in [6.07, 6.45) is 6.91. The number of hydrogen-bond donors (Lipinski definition) is 1. The minimum absolute atomic E-state index is 0.719. The van der Waals surface area contributed by atoms with Crippen LogP contribution < -0.4 is 5.32 Å². The lowest BCUT2D eigenvalue weighted by atomic mass is 10.0. The van der Waals surface area contributed by atoms with Crippen molar-refractivity contribution in [3.63, 3.8) is 0 Å². The van der Waals surface area contributed by atoms with E-state index < -0.39 is 0 Å². The average molecular weight is 281 g/mol. The van der Waals surface area contributed by atoms with Crippen LogP contribution in [-0.4, -0.2) is 61.2 Å². The first-order valence-electron chi connectivity index (χ1n) is 8.91. The van der Waals surface area contributed by atoms with Crippen LogP contribution in [-0.2, 0) is 0 Å². The summed E-state index contributed by atoms with van der Waals surface area (Å²) >= 11 is 0. The van der Waals surface area contributed by atoms with Gasteiger partial charge >= 0.3 is 0 Å². The lowest BCUT2D eigenvalue weighted by Crippen LogP contribution is -2.47. The number of nitrogens with one attached hydrogen (secondary N) is 1. The maximum atomic E-state index is 3.63. The van der Waals surface area contributed by atoms with Crippen molar-refractivity contribution in [2.45, 2.75) is 65.0 Å². The van der Waals surface area contributed by atoms with Gasteiger partial charge in [0, 0.05) is 31.7 Å². The third-order valence-electron chi connectivity index (χ3n) is 5.12. The van der Waals surface area contributed by atoms with Crippen LogP contribution in [0.25, 0.3) is 0 Å². The van der Waals surface area contributed by atoms with Gasteiger partial charge < -0.3 is 5.32 Å². The lowest BCUT2D eigenvalue weighted by molar-refractivity contribution is 0.138. The first-order chi connectivity index (χ1) is 9.72. The Hall–Kier alpha value is -0.120. The summed E-state index contributed by atoms with van der Waals surface area (Å²) in [6.45, 7) is 14.6. The third kappa shape index (κ3) is 4.44. The van der Waals surface area contributed by atoms with Crippen LogP contribution in [0, 0.1) is 5.92 Å². The molecular formula is C17H35N3. The van der Waals surface area contributed by atoms with Crippen molar-refractivity contribution in [2.24, 2.45) is 5.92 Å². The molecule has 0 aromatic heterocycles. The van der Waals surface area contributed by atoms with Crippen molar-refractivity contribution in [3.05, 3.63) is 0 Å². The van der Waals surface area contributed by atoms with Crippen molar-refractivity contribution in [3.8, 4) is 0 Å². The Morgan fingerprint density at radius 1 is 1.10 bits per heavy atom. The molecule has 2 rings (SSSR count). The number of hydrogen-bond acceptors (Lipinski definition) is 3. The molecule has 0 amide bonds. The Morgan fingerprint density at radius 2 is 1.85 bits per heavy atom. The Kier molecular flexibility index (Phi) is 6.79. The van der Waals surface area contributed by atoms with Gasteiger partial charge in [0.05, 0.1) is 0 Å². The van der Waals surface area contributed by atoms with E-state index in [1.165, 1.54) is 58.3 Å². The molecule has 0 saturated carbocycles. The summed E-state index contributed by atoms with van der Waals surface area (Å²) in [5.74, 6) is 0.750. The van der Waals surface area contributed by atoms with Crippen LogP contribution in [0.2, 0.25) is 0 Å². The molecule has 3 nitrogen and oxygen atoms in total. The van der Waals surface area contributed by atoms with E-state index in [9.17, 15) is 0 Å². The van der Waals surface area contributed by atoms with Crippen molar-refractivity contribution >= 4 is 0 Å². The van der Waals surface area contributed by atoms with E-state index in [1.54, 1.807) is 0 Å². The minimum Gasteiger partial charge on any atom is -0.315 e. The summed E-state index contributed by atoms with van der Waals surface area (Å²) in [6, 6.07) is 1.55. The Balaban J connectivity index is 1.81. The van der Waals surface area contributed by atoms with E-state index in [0.717, 1.165) is 31.1 Å². The molecule has 20 heavy (non-hydrogen) atoms. The summed E-state index contributed by atoms with van der Waals surface area (Å²) in [4.78, 5) is 5.52. The summed E-state index contributed by atoms with van der Waals surface area (Å²) < 4.78 is 0. The zero-order chi connectivity index (χ0) is 14.4. The van der Waals surface area contributed by atoms with Gasteiger partial charge in [-0.15, -0.1) is 0 Å². The van der Waals surface area contributed by atoms with E-state index in [1.807, 2.05) is 0 Å². The van der Waals surface area contributed by atoms with Crippen molar-refractivity contribution in [1.29, 1.82) is 0 Å². The van der Waals surface area contributed by atoms with Crippen LogP contribution >= 0.6 is 0 Å². The molecule has 2 atom stereocenters. The Labute approximate surface area is 126 Å². The topological polar surface area (TPSA) is 18.5 Å². The van der Waals surface area contributed by atoms with Gasteiger partial charge in [0.25, 0.3) is 0 Å². The second-order valence-corrected chi connectivity index (χ2v) is 7.05. The van der Waals surface area contributed by atoms with Gasteiger partial charge in [-0.1, -0.05) is 27.2 Å². The fourth-order valence-corrected chi connectivity index (χ4v) is 3.86. The summed E-state index contributed by atoms with van der Waals surface area (Å²) in [5.41, 5.74) is 0. The van der Waals surface area contributed by atoms with E-state index in [-0.39, 0.29) is 0 Å². The van der Waals surface area contributed by atoms with Gasteiger partial charge in [0.1, 0.15) is 0 Å². The minimum atomic E-state index is 0.719. The summed E-state index contributed by atoms with van der Waals surface area (Å²) in [5, 5.41) is 3.63. The van der Waals surface area contributed by atoms with Crippen LogP contribution in [0.5, 0.6) is 0 Å². The molecule has 0 spiro atoms. The Morgan fingerprint density at radius 3 is 2.50 bits per heavy atom. The standard InChI is InChI=1S/C17H35N3/c1-4-9-18-13-17(15(2)3)20-12-8-16(14-20)19-10-6-5-7-11-19/h15-18H,4-14H2,1-3H3. The smallest absolute Gasteiger partial charge is 0.0244 e. The number of piperidine rings is 1. The van der Waals surface area contributed by atoms with Crippen LogP contribution in [0.3, 0.4) is 0 Å². The zero-order valence-electron chi connectivity index (χ0n) is 13.9. The normalized spacial score (nSPS) is 27.3. The molecule has 0 aromatic rings. The highest BCUT2D eigenvalue weighted by Crippen LogP contribution is 2.23. The number of rotatable bonds is 7. The molecule has 2 saturated heterocycles. The highest BCUT2D eigenvalue weighted by molar-refractivity contribution is 4.89. The zero-order valence-corrected chi connectivity index (χ0v) is 13.9. The third-order valence-corrected chi connectivity index (χ3v) is 5.12. The monoisotopic (exact) mass is 281 g/mol. The fourth-order valence-electron chi connectivity index (χ4n) is 3.86. The largest absolute Gasteiger partial charge is 0.315 e. The van der Waals surface area contributed by atoms with E-state index in [4.69, 9.17) is 0 Å². The highest BCUT2D eigenvalue weighted by atomic mass is 15.3. The second-order valence-electron chi connectivity index (χ2n) is 7.05. The molecule has 2 fully saturated rings. The molecule has 2 unspecified atom stereocenters. The van der Waals surface area contributed by atoms with E-state index >= 15 is 0 Å². The van der Waals surface area contributed by atoms with E-state index in [0.29, 0.717) is 0 Å². The van der Waals surface area contributed by atoms with Gasteiger partial charge in [0.2, 0.25) is 0 Å². The molecule has 3 heteroatoms. The molecule has 118 valence electrons. The van der Waals surface area contributed by atoms with Gasteiger partial charge in [-0.05, 0) is 51.2 Å². The first-order valence-corrected chi connectivity index (χ1v) is 8.91. The molecule has 2 heterocycles. The van der Waals surface area contributed by atoms with Crippen LogP contribution in [0.4, 0.5) is 0 Å². The molecule has 0 radical (unpaired) electrons. The maximum absolute atomic E-state index is 3.63. The SMILES string of the molecule is CCCNCC(C(C)C)N1CCC(N2CCCCC2)C1. The van der Waals surface area contributed by atoms with Crippen LogP contribution in [0.1, 0.15) is 52.9 Å². The summed E-state index contributed by atoms with van der Waals surface area (Å²) in [7, 11) is 0. The highest BCUT2D eigenvalue weighted by Gasteiger charge is 2.32. The average Bonchev–Trinajstić information content (AvgIpc) is 2.93. The van der Waals surface area contributed by atoms with Gasteiger partial charge in [-0.25, -0.2) is 0 Å². The van der Waals surface area contributed by atoms with Crippen molar-refractivity contribution in [1.82, 2.24) is 15.1 Å². The molecule has 0 bridgehead atoms. The van der Waals surface area contributed by atoms with Gasteiger partial charge in [0.15, 0.2) is 0 Å². The number of likely N-dealkylation sites (tertiary alicyclic amines) is 2. The maximum Gasteiger partial charge on any atom is 0.0244 e. The van der Waals surface area contributed by atoms with E-state index in [2.05, 4.69) is 35.9 Å². The molecule has 2 aliphatic heterocycles. The van der Waals surface area contributed by atoms with Gasteiger partial charge in [-0.2, -0.15) is 0 Å². The van der Waals surface area contributed by atoms with Crippen molar-refractivity contribution < 1.29 is 0 Å².